The highest BCUT2D eigenvalue weighted by Gasteiger charge is 2.48. The van der Waals surface area contributed by atoms with Crippen LogP contribution in [0.2, 0.25) is 5.02 Å². The summed E-state index contributed by atoms with van der Waals surface area (Å²) < 4.78 is 0. The molecular weight excluding hydrogens is 300 g/mol. The third-order valence-electron chi connectivity index (χ3n) is 5.60. The Kier molecular flexibility index (Phi) is 4.47. The van der Waals surface area contributed by atoms with Crippen LogP contribution < -0.4 is 0 Å². The highest BCUT2D eigenvalue weighted by molar-refractivity contribution is 6.30. The van der Waals surface area contributed by atoms with Crippen molar-refractivity contribution in [2.75, 3.05) is 0 Å². The van der Waals surface area contributed by atoms with Gasteiger partial charge in [0.05, 0.1) is 5.60 Å². The molecule has 2 saturated carbocycles. The van der Waals surface area contributed by atoms with Gasteiger partial charge in [-0.3, -0.25) is 4.79 Å². The molecule has 0 spiro atoms. The summed E-state index contributed by atoms with van der Waals surface area (Å²) >= 11 is 6.01. The van der Waals surface area contributed by atoms with E-state index in [-0.39, 0.29) is 0 Å². The van der Waals surface area contributed by atoms with Crippen LogP contribution in [0.25, 0.3) is 0 Å². The van der Waals surface area contributed by atoms with Gasteiger partial charge in [0.2, 0.25) is 0 Å². The van der Waals surface area contributed by atoms with Crippen molar-refractivity contribution >= 4 is 17.6 Å². The number of aliphatic carboxylic acids is 1. The van der Waals surface area contributed by atoms with Gasteiger partial charge in [-0.15, -0.1) is 0 Å². The summed E-state index contributed by atoms with van der Waals surface area (Å²) in [6.07, 6.45) is 6.93. The molecule has 0 unspecified atom stereocenters. The van der Waals surface area contributed by atoms with Crippen LogP contribution in [0.15, 0.2) is 24.3 Å². The van der Waals surface area contributed by atoms with Crippen LogP contribution >= 0.6 is 11.6 Å². The summed E-state index contributed by atoms with van der Waals surface area (Å²) in [6, 6.07) is 6.91. The number of carboxylic acids is 1. The van der Waals surface area contributed by atoms with Gasteiger partial charge >= 0.3 is 5.97 Å². The van der Waals surface area contributed by atoms with Gasteiger partial charge in [-0.1, -0.05) is 49.4 Å². The van der Waals surface area contributed by atoms with Crippen LogP contribution in [0.3, 0.4) is 0 Å². The van der Waals surface area contributed by atoms with Crippen molar-refractivity contribution in [2.45, 2.75) is 56.5 Å². The Morgan fingerprint density at radius 2 is 1.95 bits per heavy atom. The van der Waals surface area contributed by atoms with Crippen LogP contribution in [0.1, 0.15) is 56.4 Å². The minimum Gasteiger partial charge on any atom is -0.481 e. The maximum absolute atomic E-state index is 11.9. The lowest BCUT2D eigenvalue weighted by Crippen LogP contribution is -2.47. The predicted molar refractivity (Wildman–Crippen MR) is 86.1 cm³/mol. The molecule has 4 heteroatoms. The third-order valence-corrected chi connectivity index (χ3v) is 5.83. The summed E-state index contributed by atoms with van der Waals surface area (Å²) in [7, 11) is 0. The molecule has 1 aromatic rings. The molecule has 3 nitrogen and oxygen atoms in total. The molecule has 120 valence electrons. The molecule has 1 aromatic carbocycles. The minimum absolute atomic E-state index is 0.466. The lowest BCUT2D eigenvalue weighted by Gasteiger charge is -2.46. The van der Waals surface area contributed by atoms with Crippen molar-refractivity contribution in [3.8, 4) is 0 Å². The third kappa shape index (κ3) is 3.02. The summed E-state index contributed by atoms with van der Waals surface area (Å²) in [5.74, 6) is -0.718. The van der Waals surface area contributed by atoms with E-state index in [1.54, 1.807) is 24.3 Å². The molecule has 0 heterocycles. The van der Waals surface area contributed by atoms with Crippen LogP contribution in [0.4, 0.5) is 0 Å². The van der Waals surface area contributed by atoms with Crippen LogP contribution in [-0.4, -0.2) is 21.8 Å². The fourth-order valence-electron chi connectivity index (χ4n) is 4.56. The van der Waals surface area contributed by atoms with E-state index in [9.17, 15) is 15.0 Å². The van der Waals surface area contributed by atoms with Gasteiger partial charge in [0.25, 0.3) is 0 Å². The Morgan fingerprint density at radius 1 is 1.23 bits per heavy atom. The van der Waals surface area contributed by atoms with Gasteiger partial charge in [0, 0.05) is 5.02 Å². The van der Waals surface area contributed by atoms with E-state index in [2.05, 4.69) is 0 Å². The van der Waals surface area contributed by atoms with E-state index in [0.29, 0.717) is 35.3 Å². The zero-order chi connectivity index (χ0) is 15.7. The highest BCUT2D eigenvalue weighted by atomic mass is 35.5. The first-order valence-electron chi connectivity index (χ1n) is 8.20. The van der Waals surface area contributed by atoms with Crippen molar-refractivity contribution < 1.29 is 15.0 Å². The van der Waals surface area contributed by atoms with Crippen molar-refractivity contribution in [3.63, 3.8) is 0 Å². The van der Waals surface area contributed by atoms with Crippen LogP contribution in [0, 0.1) is 11.8 Å². The largest absolute Gasteiger partial charge is 0.481 e. The second kappa shape index (κ2) is 6.21. The molecule has 0 aromatic heterocycles. The first-order chi connectivity index (χ1) is 10.5. The fourth-order valence-corrected chi connectivity index (χ4v) is 4.75. The standard InChI is InChI=1S/C18H23ClO3/c19-15-7-3-6-13(10-15)16(17(20)21)18(22)9-8-12-4-1-2-5-14(12)11-18/h3,6-7,10,12,14,16,22H,1-2,4-5,8-9,11H2,(H,20,21)/t12-,14+,16+,18+/m1/s1. The van der Waals surface area contributed by atoms with E-state index in [1.807, 2.05) is 0 Å². The summed E-state index contributed by atoms with van der Waals surface area (Å²) in [6.45, 7) is 0. The van der Waals surface area contributed by atoms with E-state index < -0.39 is 17.5 Å². The molecular formula is C18H23ClO3. The summed E-state index contributed by atoms with van der Waals surface area (Å²) in [4.78, 5) is 11.9. The van der Waals surface area contributed by atoms with Gasteiger partial charge in [0.15, 0.2) is 0 Å². The van der Waals surface area contributed by atoms with Gasteiger partial charge in [0.1, 0.15) is 5.92 Å². The van der Waals surface area contributed by atoms with Gasteiger partial charge < -0.3 is 10.2 Å². The lowest BCUT2D eigenvalue weighted by atomic mass is 9.62. The summed E-state index contributed by atoms with van der Waals surface area (Å²) in [5, 5.41) is 21.4. The average Bonchev–Trinajstić information content (AvgIpc) is 2.46. The van der Waals surface area contributed by atoms with Crippen LogP contribution in [-0.2, 0) is 4.79 Å². The van der Waals surface area contributed by atoms with Crippen molar-refractivity contribution in [1.82, 2.24) is 0 Å². The molecule has 0 amide bonds. The second-order valence-corrected chi connectivity index (χ2v) is 7.41. The van der Waals surface area contributed by atoms with E-state index in [4.69, 9.17) is 11.6 Å². The van der Waals surface area contributed by atoms with Crippen molar-refractivity contribution in [1.29, 1.82) is 0 Å². The van der Waals surface area contributed by atoms with E-state index in [0.717, 1.165) is 12.8 Å². The number of aliphatic hydroxyl groups is 1. The normalized spacial score (nSPS) is 33.0. The lowest BCUT2D eigenvalue weighted by molar-refractivity contribution is -0.150. The zero-order valence-electron chi connectivity index (χ0n) is 12.7. The highest BCUT2D eigenvalue weighted by Crippen LogP contribution is 2.49. The minimum atomic E-state index is -1.16. The Labute approximate surface area is 136 Å². The number of carbonyl (C=O) groups is 1. The molecule has 0 saturated heterocycles. The molecule has 2 aliphatic rings. The first-order valence-corrected chi connectivity index (χ1v) is 8.58. The molecule has 0 radical (unpaired) electrons. The molecule has 0 bridgehead atoms. The molecule has 2 fully saturated rings. The quantitative estimate of drug-likeness (QED) is 0.875. The second-order valence-electron chi connectivity index (χ2n) is 6.98. The summed E-state index contributed by atoms with van der Waals surface area (Å²) in [5.41, 5.74) is -0.550. The predicted octanol–water partition coefficient (Wildman–Crippen LogP) is 4.23. The molecule has 0 aliphatic heterocycles. The number of rotatable bonds is 3. The Bertz CT molecular complexity index is 559. The molecule has 2 aliphatic carbocycles. The van der Waals surface area contributed by atoms with Crippen molar-refractivity contribution in [3.05, 3.63) is 34.9 Å². The van der Waals surface area contributed by atoms with Crippen LogP contribution in [0.5, 0.6) is 0 Å². The van der Waals surface area contributed by atoms with Gasteiger partial charge in [-0.2, -0.15) is 0 Å². The number of benzene rings is 1. The molecule has 2 N–H and O–H groups in total. The molecule has 4 atom stereocenters. The van der Waals surface area contributed by atoms with E-state index in [1.165, 1.54) is 19.3 Å². The van der Waals surface area contributed by atoms with E-state index >= 15 is 0 Å². The Balaban J connectivity index is 1.89. The monoisotopic (exact) mass is 322 g/mol. The maximum atomic E-state index is 11.9. The number of hydrogen-bond acceptors (Lipinski definition) is 2. The maximum Gasteiger partial charge on any atom is 0.313 e. The van der Waals surface area contributed by atoms with Crippen molar-refractivity contribution in [2.24, 2.45) is 11.8 Å². The molecule has 22 heavy (non-hydrogen) atoms. The number of hydrogen-bond donors (Lipinski definition) is 2. The average molecular weight is 323 g/mol. The number of halogens is 1. The molecule has 3 rings (SSSR count). The zero-order valence-corrected chi connectivity index (χ0v) is 13.4. The smallest absolute Gasteiger partial charge is 0.313 e. The Morgan fingerprint density at radius 3 is 2.64 bits per heavy atom. The number of fused-ring (bicyclic) bond motifs is 1. The fraction of sp³-hybridized carbons (Fsp3) is 0.611. The first kappa shape index (κ1) is 15.8. The topological polar surface area (TPSA) is 57.5 Å². The SMILES string of the molecule is O=C(O)[C@H](c1cccc(Cl)c1)[C@]1(O)CC[C@H]2CCCC[C@H]2C1. The number of carboxylic acid groups (broad SMARTS) is 1. The Hall–Kier alpha value is -1.06. The van der Waals surface area contributed by atoms with Gasteiger partial charge in [-0.05, 0) is 48.8 Å². The van der Waals surface area contributed by atoms with Gasteiger partial charge in [-0.25, -0.2) is 0 Å².